The Hall–Kier alpha value is -3.41. The van der Waals surface area contributed by atoms with Gasteiger partial charge in [0.1, 0.15) is 0 Å². The summed E-state index contributed by atoms with van der Waals surface area (Å²) in [6.07, 6.45) is 11.3. The van der Waals surface area contributed by atoms with Crippen LogP contribution in [0.15, 0.2) is 73.3 Å². The Morgan fingerprint density at radius 1 is 0.971 bits per heavy atom. The zero-order valence-corrected chi connectivity index (χ0v) is 20.4. The first kappa shape index (κ1) is 23.3. The van der Waals surface area contributed by atoms with E-state index in [1.54, 1.807) is 19.4 Å². The molecule has 6 heteroatoms. The van der Waals surface area contributed by atoms with E-state index >= 15 is 0 Å². The van der Waals surface area contributed by atoms with Crippen LogP contribution < -0.4 is 0 Å². The standard InChI is InChI=1S/C29H34N4O2/c1-22(34)33-26(18-23-9-4-2-5-10-23)19-28-27(33)13-6-3-7-15-32(28)29(35)25-12-8-11-24(17-25)20-31-16-14-30-21-31/h2,4-5,8-12,14,16-17,21,26-28H,3,6-7,13,15,18-20H2,1H3/t26-,27-,28+/m1/s1. The fourth-order valence-corrected chi connectivity index (χ4v) is 6.02. The normalized spacial score (nSPS) is 22.4. The van der Waals surface area contributed by atoms with Crippen LogP contribution in [-0.2, 0) is 17.8 Å². The van der Waals surface area contributed by atoms with Crippen molar-refractivity contribution in [2.75, 3.05) is 6.54 Å². The molecule has 0 saturated carbocycles. The van der Waals surface area contributed by atoms with Gasteiger partial charge in [-0.1, -0.05) is 55.3 Å². The summed E-state index contributed by atoms with van der Waals surface area (Å²) in [6.45, 7) is 3.12. The van der Waals surface area contributed by atoms with Gasteiger partial charge in [0.25, 0.3) is 5.91 Å². The zero-order chi connectivity index (χ0) is 24.2. The van der Waals surface area contributed by atoms with Gasteiger partial charge >= 0.3 is 0 Å². The van der Waals surface area contributed by atoms with E-state index in [1.165, 1.54) is 5.56 Å². The average molecular weight is 471 g/mol. The first-order valence-corrected chi connectivity index (χ1v) is 12.8. The van der Waals surface area contributed by atoms with Gasteiger partial charge in [0, 0.05) is 44.0 Å². The molecule has 2 amide bonds. The third-order valence-electron chi connectivity index (χ3n) is 7.54. The topological polar surface area (TPSA) is 58.4 Å². The summed E-state index contributed by atoms with van der Waals surface area (Å²) in [6, 6.07) is 18.6. The van der Waals surface area contributed by atoms with Crippen molar-refractivity contribution in [2.45, 2.75) is 70.1 Å². The van der Waals surface area contributed by atoms with Crippen LogP contribution in [0.5, 0.6) is 0 Å². The minimum Gasteiger partial charge on any atom is -0.334 e. The van der Waals surface area contributed by atoms with E-state index in [4.69, 9.17) is 0 Å². The Labute approximate surface area is 207 Å². The Morgan fingerprint density at radius 2 is 1.80 bits per heavy atom. The molecule has 35 heavy (non-hydrogen) atoms. The second kappa shape index (κ2) is 10.5. The van der Waals surface area contributed by atoms with Crippen LogP contribution in [-0.4, -0.2) is 55.8 Å². The number of fused-ring (bicyclic) bond motifs is 1. The van der Waals surface area contributed by atoms with Gasteiger partial charge in [-0.2, -0.15) is 0 Å². The number of nitrogens with zero attached hydrogens (tertiary/aromatic N) is 4. The van der Waals surface area contributed by atoms with Crippen LogP contribution in [0, 0.1) is 0 Å². The summed E-state index contributed by atoms with van der Waals surface area (Å²) in [4.78, 5) is 35.1. The number of benzene rings is 2. The van der Waals surface area contributed by atoms with Gasteiger partial charge in [0.2, 0.25) is 5.91 Å². The molecule has 0 bridgehead atoms. The Bertz CT molecular complexity index is 1140. The fourth-order valence-electron chi connectivity index (χ4n) is 6.02. The van der Waals surface area contributed by atoms with Crippen molar-refractivity contribution in [3.63, 3.8) is 0 Å². The van der Waals surface area contributed by atoms with Gasteiger partial charge in [-0.15, -0.1) is 0 Å². The summed E-state index contributed by atoms with van der Waals surface area (Å²) >= 11 is 0. The molecule has 0 spiro atoms. The van der Waals surface area contributed by atoms with Gasteiger partial charge in [-0.3, -0.25) is 9.59 Å². The van der Waals surface area contributed by atoms with Crippen LogP contribution in [0.3, 0.4) is 0 Å². The van der Waals surface area contributed by atoms with Crippen LogP contribution in [0.25, 0.3) is 0 Å². The molecule has 3 aromatic rings. The van der Waals surface area contributed by atoms with Crippen molar-refractivity contribution in [3.8, 4) is 0 Å². The average Bonchev–Trinajstić information content (AvgIpc) is 3.48. The minimum atomic E-state index is 0.0534. The van der Waals surface area contributed by atoms with E-state index in [2.05, 4.69) is 45.1 Å². The smallest absolute Gasteiger partial charge is 0.254 e. The van der Waals surface area contributed by atoms with Gasteiger partial charge < -0.3 is 14.4 Å². The van der Waals surface area contributed by atoms with Gasteiger partial charge in [-0.05, 0) is 48.9 Å². The molecule has 0 aliphatic carbocycles. The van der Waals surface area contributed by atoms with E-state index in [0.717, 1.165) is 56.2 Å². The number of carbonyl (C=O) groups excluding carboxylic acids is 2. The van der Waals surface area contributed by atoms with Crippen LogP contribution in [0.1, 0.15) is 60.5 Å². The number of carbonyl (C=O) groups is 2. The Kier molecular flexibility index (Phi) is 6.98. The molecule has 2 saturated heterocycles. The summed E-state index contributed by atoms with van der Waals surface area (Å²) in [5.74, 6) is 0.201. The fraction of sp³-hybridized carbons (Fsp3) is 0.414. The lowest BCUT2D eigenvalue weighted by Crippen LogP contribution is -2.50. The molecule has 0 unspecified atom stereocenters. The van der Waals surface area contributed by atoms with Crippen LogP contribution in [0.4, 0.5) is 0 Å². The highest BCUT2D eigenvalue weighted by Crippen LogP contribution is 2.36. The van der Waals surface area contributed by atoms with Crippen molar-refractivity contribution < 1.29 is 9.59 Å². The van der Waals surface area contributed by atoms with Crippen LogP contribution >= 0.6 is 0 Å². The maximum Gasteiger partial charge on any atom is 0.254 e. The number of rotatable bonds is 5. The second-order valence-electron chi connectivity index (χ2n) is 9.92. The molecular weight excluding hydrogens is 436 g/mol. The molecule has 2 fully saturated rings. The Morgan fingerprint density at radius 3 is 2.57 bits per heavy atom. The lowest BCUT2D eigenvalue weighted by atomic mass is 9.95. The second-order valence-corrected chi connectivity index (χ2v) is 9.92. The molecule has 0 N–H and O–H groups in total. The summed E-state index contributed by atoms with van der Waals surface area (Å²) < 4.78 is 2.01. The van der Waals surface area contributed by atoms with Crippen molar-refractivity contribution in [2.24, 2.45) is 0 Å². The molecule has 3 atom stereocenters. The number of likely N-dealkylation sites (tertiary alicyclic amines) is 2. The van der Waals surface area contributed by atoms with Gasteiger partial charge in [0.05, 0.1) is 18.4 Å². The van der Waals surface area contributed by atoms with Crippen molar-refractivity contribution in [1.29, 1.82) is 0 Å². The quantitative estimate of drug-likeness (QED) is 0.550. The molecule has 182 valence electrons. The molecule has 6 nitrogen and oxygen atoms in total. The monoisotopic (exact) mass is 470 g/mol. The highest BCUT2D eigenvalue weighted by molar-refractivity contribution is 5.94. The lowest BCUT2D eigenvalue weighted by Gasteiger charge is -2.37. The van der Waals surface area contributed by atoms with Crippen molar-refractivity contribution >= 4 is 11.8 Å². The largest absolute Gasteiger partial charge is 0.334 e. The van der Waals surface area contributed by atoms with E-state index < -0.39 is 0 Å². The van der Waals surface area contributed by atoms with Crippen molar-refractivity contribution in [1.82, 2.24) is 19.4 Å². The molecule has 5 rings (SSSR count). The Balaban J connectivity index is 1.41. The van der Waals surface area contributed by atoms with Crippen LogP contribution in [0.2, 0.25) is 0 Å². The highest BCUT2D eigenvalue weighted by atomic mass is 16.2. The zero-order valence-electron chi connectivity index (χ0n) is 20.4. The molecule has 2 aliphatic heterocycles. The van der Waals surface area contributed by atoms with E-state index in [-0.39, 0.29) is 29.9 Å². The van der Waals surface area contributed by atoms with E-state index in [0.29, 0.717) is 6.54 Å². The maximum absolute atomic E-state index is 13.9. The predicted molar refractivity (Wildman–Crippen MR) is 136 cm³/mol. The van der Waals surface area contributed by atoms with Gasteiger partial charge in [0.15, 0.2) is 0 Å². The number of hydrogen-bond donors (Lipinski definition) is 0. The van der Waals surface area contributed by atoms with E-state index in [1.807, 2.05) is 35.0 Å². The molecule has 1 aromatic heterocycles. The molecule has 3 heterocycles. The summed E-state index contributed by atoms with van der Waals surface area (Å²) in [7, 11) is 0. The summed E-state index contributed by atoms with van der Waals surface area (Å²) in [5, 5.41) is 0. The third kappa shape index (κ3) is 5.16. The maximum atomic E-state index is 13.9. The molecule has 2 aliphatic rings. The molecule has 0 radical (unpaired) electrons. The minimum absolute atomic E-state index is 0.0534. The number of hydrogen-bond acceptors (Lipinski definition) is 3. The van der Waals surface area contributed by atoms with E-state index in [9.17, 15) is 9.59 Å². The molecule has 2 aromatic carbocycles. The third-order valence-corrected chi connectivity index (χ3v) is 7.54. The summed E-state index contributed by atoms with van der Waals surface area (Å²) in [5.41, 5.74) is 3.04. The predicted octanol–water partition coefficient (Wildman–Crippen LogP) is 4.55. The molecular formula is C29H34N4O2. The van der Waals surface area contributed by atoms with Gasteiger partial charge in [-0.25, -0.2) is 4.98 Å². The lowest BCUT2D eigenvalue weighted by molar-refractivity contribution is -0.132. The SMILES string of the molecule is CC(=O)N1[C@H](Cc2ccccc2)C[C@H]2[C@H]1CCCCCN2C(=O)c1cccc(Cn2ccnc2)c1. The number of amides is 2. The highest BCUT2D eigenvalue weighted by Gasteiger charge is 2.46. The first-order valence-electron chi connectivity index (χ1n) is 12.8. The van der Waals surface area contributed by atoms with Crippen molar-refractivity contribution in [3.05, 3.63) is 90.0 Å². The number of aromatic nitrogens is 2. The number of imidazole rings is 1. The first-order chi connectivity index (χ1) is 17.1.